The van der Waals surface area contributed by atoms with Gasteiger partial charge in [0.2, 0.25) is 5.91 Å². The van der Waals surface area contributed by atoms with Crippen molar-refractivity contribution >= 4 is 35.1 Å². The molecular formula is C33H42Cl2N2O4. The number of hydrogen-bond donors (Lipinski definition) is 1. The number of likely N-dealkylation sites (tertiary alicyclic amines) is 1. The van der Waals surface area contributed by atoms with Crippen LogP contribution in [0.3, 0.4) is 0 Å². The van der Waals surface area contributed by atoms with Crippen LogP contribution in [0.15, 0.2) is 42.5 Å². The maximum Gasteiger partial charge on any atom is 0.302 e. The van der Waals surface area contributed by atoms with Crippen LogP contribution in [-0.2, 0) is 26.2 Å². The fraction of sp³-hybridized carbons (Fsp3) is 0.576. The Labute approximate surface area is 253 Å². The standard InChI is InChI=1S/C33H42Cl2N2O4/c1-21(2)18-37(32(40)14-24-9-10-29(34)30(35)13-24)26-16-31(41-22(3)38)28-20-36(19-23-7-8-23)12-11-33(28,17-26)25-5-4-6-27(39)15-25/h4-6,9-10,13,15,21,23,26,28,31,39H,7-8,11-12,14,16-20H2,1-3H3. The van der Waals surface area contributed by atoms with E-state index in [1.807, 2.05) is 23.1 Å². The molecule has 2 aromatic carbocycles. The van der Waals surface area contributed by atoms with Crippen LogP contribution in [0.25, 0.3) is 0 Å². The molecule has 1 amide bonds. The molecule has 2 aliphatic carbocycles. The summed E-state index contributed by atoms with van der Waals surface area (Å²) < 4.78 is 6.12. The number of fused-ring (bicyclic) bond motifs is 1. The number of carbonyl (C=O) groups excluding carboxylic acids is 2. The van der Waals surface area contributed by atoms with Crippen LogP contribution in [0, 0.1) is 17.8 Å². The van der Waals surface area contributed by atoms with Crippen LogP contribution in [0.1, 0.15) is 64.0 Å². The van der Waals surface area contributed by atoms with Crippen molar-refractivity contribution in [2.75, 3.05) is 26.2 Å². The Balaban J connectivity index is 1.51. The van der Waals surface area contributed by atoms with E-state index < -0.39 is 0 Å². The topological polar surface area (TPSA) is 70.1 Å². The molecule has 6 nitrogen and oxygen atoms in total. The molecule has 1 heterocycles. The van der Waals surface area contributed by atoms with E-state index in [-0.39, 0.29) is 53.4 Å². The lowest BCUT2D eigenvalue weighted by atomic mass is 9.56. The molecule has 5 rings (SSSR count). The molecular weight excluding hydrogens is 559 g/mol. The SMILES string of the molecule is CC(=O)OC1CC(N(CC(C)C)C(=O)Cc2ccc(Cl)c(Cl)c2)CC2(c3cccc(O)c3)CCN(CC3CC3)CC12. The minimum Gasteiger partial charge on any atom is -0.508 e. The average Bonchev–Trinajstić information content (AvgIpc) is 3.73. The molecule has 0 radical (unpaired) electrons. The number of benzene rings is 2. The van der Waals surface area contributed by atoms with Crippen LogP contribution in [0.5, 0.6) is 5.75 Å². The van der Waals surface area contributed by atoms with E-state index in [2.05, 4.69) is 24.8 Å². The summed E-state index contributed by atoms with van der Waals surface area (Å²) in [4.78, 5) is 31.0. The zero-order valence-electron chi connectivity index (χ0n) is 24.3. The van der Waals surface area contributed by atoms with E-state index in [4.69, 9.17) is 27.9 Å². The maximum absolute atomic E-state index is 14.0. The molecule has 41 heavy (non-hydrogen) atoms. The van der Waals surface area contributed by atoms with Crippen molar-refractivity contribution < 1.29 is 19.4 Å². The van der Waals surface area contributed by atoms with Crippen LogP contribution in [0.4, 0.5) is 0 Å². The van der Waals surface area contributed by atoms with Crippen molar-refractivity contribution in [1.82, 2.24) is 9.80 Å². The monoisotopic (exact) mass is 600 g/mol. The van der Waals surface area contributed by atoms with Gasteiger partial charge in [-0.05, 0) is 79.5 Å². The third-order valence-corrected chi connectivity index (χ3v) is 9.94. The molecule has 8 heteroatoms. The number of carbonyl (C=O) groups is 2. The molecule has 1 N–H and O–H groups in total. The lowest BCUT2D eigenvalue weighted by Gasteiger charge is -2.57. The Bertz CT molecular complexity index is 1270. The highest BCUT2D eigenvalue weighted by Crippen LogP contribution is 2.52. The van der Waals surface area contributed by atoms with Gasteiger partial charge in [0.25, 0.3) is 0 Å². The molecule has 2 aromatic rings. The number of piperidine rings is 1. The van der Waals surface area contributed by atoms with Crippen molar-refractivity contribution in [2.24, 2.45) is 17.8 Å². The van der Waals surface area contributed by atoms with Gasteiger partial charge in [-0.3, -0.25) is 9.59 Å². The van der Waals surface area contributed by atoms with Gasteiger partial charge in [-0.25, -0.2) is 0 Å². The third kappa shape index (κ3) is 7.03. The largest absolute Gasteiger partial charge is 0.508 e. The molecule has 2 saturated carbocycles. The van der Waals surface area contributed by atoms with Crippen LogP contribution in [0.2, 0.25) is 10.0 Å². The fourth-order valence-electron chi connectivity index (χ4n) is 7.23. The highest BCUT2D eigenvalue weighted by Gasteiger charge is 2.55. The van der Waals surface area contributed by atoms with Gasteiger partial charge in [-0.2, -0.15) is 0 Å². The first-order valence-electron chi connectivity index (χ1n) is 15.0. The Morgan fingerprint density at radius 2 is 1.93 bits per heavy atom. The normalized spacial score (nSPS) is 26.4. The van der Waals surface area contributed by atoms with E-state index in [0.717, 1.165) is 49.5 Å². The molecule has 0 bridgehead atoms. The summed E-state index contributed by atoms with van der Waals surface area (Å²) in [5.41, 5.74) is 1.55. The van der Waals surface area contributed by atoms with Crippen molar-refractivity contribution in [1.29, 1.82) is 0 Å². The second-order valence-corrected chi connectivity index (χ2v) is 13.7. The Morgan fingerprint density at radius 3 is 2.59 bits per heavy atom. The number of ether oxygens (including phenoxy) is 1. The van der Waals surface area contributed by atoms with E-state index in [9.17, 15) is 14.7 Å². The molecule has 1 aliphatic heterocycles. The minimum atomic E-state index is -0.332. The predicted octanol–water partition coefficient (Wildman–Crippen LogP) is 6.49. The van der Waals surface area contributed by atoms with E-state index in [1.54, 1.807) is 18.2 Å². The highest BCUT2D eigenvalue weighted by molar-refractivity contribution is 6.42. The second-order valence-electron chi connectivity index (χ2n) is 12.9. The van der Waals surface area contributed by atoms with Gasteiger partial charge < -0.3 is 19.6 Å². The number of phenols is 1. The molecule has 4 unspecified atom stereocenters. The Hall–Kier alpha value is -2.28. The van der Waals surface area contributed by atoms with Crippen LogP contribution >= 0.6 is 23.2 Å². The number of aromatic hydroxyl groups is 1. The van der Waals surface area contributed by atoms with Crippen molar-refractivity contribution in [3.63, 3.8) is 0 Å². The summed E-state index contributed by atoms with van der Waals surface area (Å²) in [5.74, 6) is 1.07. The van der Waals surface area contributed by atoms with Gasteiger partial charge in [0, 0.05) is 50.4 Å². The summed E-state index contributed by atoms with van der Waals surface area (Å²) in [7, 11) is 0. The summed E-state index contributed by atoms with van der Waals surface area (Å²) >= 11 is 12.4. The first kappa shape index (κ1) is 30.2. The third-order valence-electron chi connectivity index (χ3n) is 9.21. The number of nitrogens with zero attached hydrogens (tertiary/aromatic N) is 2. The van der Waals surface area contributed by atoms with Gasteiger partial charge in [-0.1, -0.05) is 55.2 Å². The quantitative estimate of drug-likeness (QED) is 0.333. The second kappa shape index (κ2) is 12.5. The van der Waals surface area contributed by atoms with Gasteiger partial charge in [0.15, 0.2) is 0 Å². The van der Waals surface area contributed by atoms with E-state index in [0.29, 0.717) is 23.0 Å². The van der Waals surface area contributed by atoms with Crippen molar-refractivity contribution in [3.8, 4) is 5.75 Å². The molecule has 4 atom stereocenters. The summed E-state index contributed by atoms with van der Waals surface area (Å²) in [6.45, 7) is 9.20. The number of esters is 1. The zero-order chi connectivity index (χ0) is 29.3. The summed E-state index contributed by atoms with van der Waals surface area (Å²) in [6.07, 6.45) is 4.72. The first-order chi connectivity index (χ1) is 19.5. The molecule has 0 spiro atoms. The minimum absolute atomic E-state index is 0.0272. The highest BCUT2D eigenvalue weighted by atomic mass is 35.5. The van der Waals surface area contributed by atoms with Crippen molar-refractivity contribution in [2.45, 2.75) is 76.9 Å². The van der Waals surface area contributed by atoms with Crippen molar-refractivity contribution in [3.05, 3.63) is 63.6 Å². The number of phenolic OH excluding ortho intramolecular Hbond substituents is 1. The van der Waals surface area contributed by atoms with Gasteiger partial charge in [0.05, 0.1) is 16.5 Å². The number of amides is 1. The number of hydrogen-bond acceptors (Lipinski definition) is 5. The summed E-state index contributed by atoms with van der Waals surface area (Å²) in [5, 5.41) is 11.4. The molecule has 3 fully saturated rings. The van der Waals surface area contributed by atoms with Gasteiger partial charge >= 0.3 is 5.97 Å². The predicted molar refractivity (Wildman–Crippen MR) is 162 cm³/mol. The first-order valence-corrected chi connectivity index (χ1v) is 15.7. The fourth-order valence-corrected chi connectivity index (χ4v) is 7.55. The smallest absolute Gasteiger partial charge is 0.302 e. The zero-order valence-corrected chi connectivity index (χ0v) is 25.8. The molecule has 222 valence electrons. The maximum atomic E-state index is 14.0. The lowest BCUT2D eigenvalue weighted by Crippen LogP contribution is -2.62. The molecule has 1 saturated heterocycles. The number of halogens is 2. The van der Waals surface area contributed by atoms with Gasteiger partial charge in [0.1, 0.15) is 11.9 Å². The Kier molecular flexibility index (Phi) is 9.22. The lowest BCUT2D eigenvalue weighted by molar-refractivity contribution is -0.161. The van der Waals surface area contributed by atoms with E-state index >= 15 is 0 Å². The van der Waals surface area contributed by atoms with E-state index in [1.165, 1.54) is 19.8 Å². The van der Waals surface area contributed by atoms with Crippen LogP contribution < -0.4 is 0 Å². The summed E-state index contributed by atoms with van der Waals surface area (Å²) in [6, 6.07) is 12.8. The average molecular weight is 602 g/mol. The number of rotatable bonds is 9. The van der Waals surface area contributed by atoms with Crippen LogP contribution in [-0.4, -0.2) is 65.1 Å². The molecule has 3 aliphatic rings. The molecule has 0 aromatic heterocycles. The Morgan fingerprint density at radius 1 is 1.15 bits per heavy atom. The van der Waals surface area contributed by atoms with Gasteiger partial charge in [-0.15, -0.1) is 0 Å².